The van der Waals surface area contributed by atoms with Crippen LogP contribution in [0.3, 0.4) is 0 Å². The fourth-order valence-corrected chi connectivity index (χ4v) is 1.84. The van der Waals surface area contributed by atoms with E-state index >= 15 is 0 Å². The number of aliphatic hydroxyl groups excluding tert-OH is 1. The van der Waals surface area contributed by atoms with Crippen LogP contribution < -0.4 is 10.1 Å². The van der Waals surface area contributed by atoms with Crippen molar-refractivity contribution in [2.24, 2.45) is 0 Å². The second-order valence-electron chi connectivity index (χ2n) is 4.03. The molecule has 0 radical (unpaired) electrons. The Kier molecular flexibility index (Phi) is 4.20. The van der Waals surface area contributed by atoms with Crippen molar-refractivity contribution in [3.8, 4) is 5.75 Å². The standard InChI is InChI=1S/C14H16N2O3/c1-19-13-7-3-2-6-12(13)15-14(18)9-16-8-4-5-11(16)10-17/h2-8,17H,9-10H2,1H3,(H,15,18). The molecule has 1 heterocycles. The van der Waals surface area contributed by atoms with Crippen molar-refractivity contribution in [3.05, 3.63) is 48.3 Å². The van der Waals surface area contributed by atoms with Gasteiger partial charge in [0, 0.05) is 11.9 Å². The number of carbonyl (C=O) groups excluding carboxylic acids is 1. The van der Waals surface area contributed by atoms with Gasteiger partial charge in [0.05, 0.1) is 19.4 Å². The molecule has 0 fully saturated rings. The van der Waals surface area contributed by atoms with Crippen molar-refractivity contribution >= 4 is 11.6 Å². The van der Waals surface area contributed by atoms with Gasteiger partial charge in [0.15, 0.2) is 0 Å². The minimum Gasteiger partial charge on any atom is -0.495 e. The number of aromatic nitrogens is 1. The lowest BCUT2D eigenvalue weighted by Crippen LogP contribution is -2.19. The van der Waals surface area contributed by atoms with Gasteiger partial charge in [-0.3, -0.25) is 4.79 Å². The summed E-state index contributed by atoms with van der Waals surface area (Å²) in [4.78, 5) is 11.9. The highest BCUT2D eigenvalue weighted by Crippen LogP contribution is 2.22. The molecule has 0 spiro atoms. The minimum absolute atomic E-state index is 0.0884. The van der Waals surface area contributed by atoms with Crippen LogP contribution >= 0.6 is 0 Å². The summed E-state index contributed by atoms with van der Waals surface area (Å²) in [6.45, 7) is 0.0654. The van der Waals surface area contributed by atoms with Crippen molar-refractivity contribution in [1.82, 2.24) is 4.57 Å². The highest BCUT2D eigenvalue weighted by atomic mass is 16.5. The van der Waals surface area contributed by atoms with Gasteiger partial charge in [0.1, 0.15) is 12.3 Å². The number of amides is 1. The van der Waals surface area contributed by atoms with E-state index in [0.717, 1.165) is 0 Å². The normalized spacial score (nSPS) is 10.2. The molecule has 2 rings (SSSR count). The fraction of sp³-hybridized carbons (Fsp3) is 0.214. The van der Waals surface area contributed by atoms with E-state index in [1.807, 2.05) is 12.1 Å². The van der Waals surface area contributed by atoms with Crippen LogP contribution in [0.2, 0.25) is 0 Å². The molecule has 0 unspecified atom stereocenters. The van der Waals surface area contributed by atoms with E-state index in [1.54, 1.807) is 42.1 Å². The quantitative estimate of drug-likeness (QED) is 0.858. The van der Waals surface area contributed by atoms with Gasteiger partial charge in [-0.2, -0.15) is 0 Å². The van der Waals surface area contributed by atoms with Gasteiger partial charge in [-0.1, -0.05) is 12.1 Å². The Morgan fingerprint density at radius 1 is 1.32 bits per heavy atom. The molecule has 2 aromatic rings. The summed E-state index contributed by atoms with van der Waals surface area (Å²) in [5, 5.41) is 11.9. The van der Waals surface area contributed by atoms with Crippen molar-refractivity contribution < 1.29 is 14.6 Å². The number of carbonyl (C=O) groups is 1. The zero-order chi connectivity index (χ0) is 13.7. The molecule has 2 N–H and O–H groups in total. The predicted octanol–water partition coefficient (Wildman–Crippen LogP) is 1.63. The lowest BCUT2D eigenvalue weighted by atomic mass is 10.3. The Hall–Kier alpha value is -2.27. The molecule has 5 heteroatoms. The number of aliphatic hydroxyl groups is 1. The third-order valence-electron chi connectivity index (χ3n) is 2.78. The maximum absolute atomic E-state index is 11.9. The predicted molar refractivity (Wildman–Crippen MR) is 72.0 cm³/mol. The molecule has 0 saturated heterocycles. The Labute approximate surface area is 111 Å². The van der Waals surface area contributed by atoms with E-state index < -0.39 is 0 Å². The van der Waals surface area contributed by atoms with Crippen molar-refractivity contribution in [2.45, 2.75) is 13.2 Å². The Balaban J connectivity index is 2.05. The van der Waals surface area contributed by atoms with Gasteiger partial charge < -0.3 is 19.7 Å². The van der Waals surface area contributed by atoms with Gasteiger partial charge in [-0.25, -0.2) is 0 Å². The summed E-state index contributed by atoms with van der Waals surface area (Å²) in [6.07, 6.45) is 1.76. The molecular weight excluding hydrogens is 244 g/mol. The number of nitrogens with zero attached hydrogens (tertiary/aromatic N) is 1. The number of nitrogens with one attached hydrogen (secondary N) is 1. The average molecular weight is 260 g/mol. The maximum Gasteiger partial charge on any atom is 0.244 e. The molecule has 1 aromatic carbocycles. The first-order valence-corrected chi connectivity index (χ1v) is 5.92. The summed E-state index contributed by atoms with van der Waals surface area (Å²) in [7, 11) is 1.56. The van der Waals surface area contributed by atoms with Crippen molar-refractivity contribution in [1.29, 1.82) is 0 Å². The van der Waals surface area contributed by atoms with Crippen LogP contribution in [-0.2, 0) is 17.9 Å². The van der Waals surface area contributed by atoms with E-state index in [9.17, 15) is 4.79 Å². The van der Waals surface area contributed by atoms with E-state index in [2.05, 4.69) is 5.32 Å². The first-order valence-electron chi connectivity index (χ1n) is 5.92. The number of rotatable bonds is 5. The van der Waals surface area contributed by atoms with Crippen LogP contribution in [0.15, 0.2) is 42.6 Å². The van der Waals surface area contributed by atoms with Gasteiger partial charge in [0.25, 0.3) is 0 Å². The lowest BCUT2D eigenvalue weighted by molar-refractivity contribution is -0.116. The highest BCUT2D eigenvalue weighted by molar-refractivity contribution is 5.92. The van der Waals surface area contributed by atoms with E-state index in [4.69, 9.17) is 9.84 Å². The zero-order valence-electron chi connectivity index (χ0n) is 10.7. The fourth-order valence-electron chi connectivity index (χ4n) is 1.84. The van der Waals surface area contributed by atoms with Gasteiger partial charge >= 0.3 is 0 Å². The van der Waals surface area contributed by atoms with Gasteiger partial charge in [-0.05, 0) is 24.3 Å². The number of benzene rings is 1. The summed E-state index contributed by atoms with van der Waals surface area (Å²) >= 11 is 0. The molecule has 1 aromatic heterocycles. The summed E-state index contributed by atoms with van der Waals surface area (Å²) in [6, 6.07) is 10.8. The Morgan fingerprint density at radius 2 is 2.11 bits per heavy atom. The number of hydrogen-bond acceptors (Lipinski definition) is 3. The maximum atomic E-state index is 11.9. The van der Waals surface area contributed by atoms with Crippen LogP contribution in [0.4, 0.5) is 5.69 Å². The van der Waals surface area contributed by atoms with E-state index in [1.165, 1.54) is 0 Å². The second kappa shape index (κ2) is 6.06. The summed E-state index contributed by atoms with van der Waals surface area (Å²) in [5.74, 6) is 0.445. The number of para-hydroxylation sites is 2. The van der Waals surface area contributed by atoms with Gasteiger partial charge in [-0.15, -0.1) is 0 Å². The van der Waals surface area contributed by atoms with Crippen LogP contribution in [0.1, 0.15) is 5.69 Å². The van der Waals surface area contributed by atoms with Crippen molar-refractivity contribution in [2.75, 3.05) is 12.4 Å². The summed E-state index contributed by atoms with van der Waals surface area (Å²) in [5.41, 5.74) is 1.34. The molecule has 0 bridgehead atoms. The molecule has 1 amide bonds. The van der Waals surface area contributed by atoms with Crippen LogP contribution in [0.5, 0.6) is 5.75 Å². The van der Waals surface area contributed by atoms with Crippen LogP contribution in [0.25, 0.3) is 0 Å². The summed E-state index contributed by atoms with van der Waals surface area (Å²) < 4.78 is 6.86. The number of methoxy groups -OCH3 is 1. The first kappa shape index (κ1) is 13.2. The number of ether oxygens (including phenoxy) is 1. The molecule has 100 valence electrons. The smallest absolute Gasteiger partial charge is 0.244 e. The zero-order valence-corrected chi connectivity index (χ0v) is 10.7. The van der Waals surface area contributed by atoms with E-state index in [0.29, 0.717) is 17.1 Å². The Morgan fingerprint density at radius 3 is 2.84 bits per heavy atom. The van der Waals surface area contributed by atoms with E-state index in [-0.39, 0.29) is 19.1 Å². The topological polar surface area (TPSA) is 63.5 Å². The lowest BCUT2D eigenvalue weighted by Gasteiger charge is -2.11. The molecule has 0 aliphatic heterocycles. The first-order chi connectivity index (χ1) is 9.24. The number of hydrogen-bond donors (Lipinski definition) is 2. The van der Waals surface area contributed by atoms with Crippen LogP contribution in [-0.4, -0.2) is 22.7 Å². The molecule has 0 aliphatic rings. The monoisotopic (exact) mass is 260 g/mol. The molecule has 5 nitrogen and oxygen atoms in total. The number of anilines is 1. The minimum atomic E-state index is -0.171. The molecule has 0 aliphatic carbocycles. The SMILES string of the molecule is COc1ccccc1NC(=O)Cn1cccc1CO. The van der Waals surface area contributed by atoms with Crippen LogP contribution in [0, 0.1) is 0 Å². The third kappa shape index (κ3) is 3.14. The average Bonchev–Trinajstić information content (AvgIpc) is 2.86. The Bertz CT molecular complexity index is 563. The largest absolute Gasteiger partial charge is 0.495 e. The molecule has 19 heavy (non-hydrogen) atoms. The molecule has 0 atom stereocenters. The molecular formula is C14H16N2O3. The third-order valence-corrected chi connectivity index (χ3v) is 2.78. The van der Waals surface area contributed by atoms with Gasteiger partial charge in [0.2, 0.25) is 5.91 Å². The van der Waals surface area contributed by atoms with Crippen molar-refractivity contribution in [3.63, 3.8) is 0 Å². The second-order valence-corrected chi connectivity index (χ2v) is 4.03. The highest BCUT2D eigenvalue weighted by Gasteiger charge is 2.08. The molecule has 0 saturated carbocycles.